The number of hydrogen-bond acceptors (Lipinski definition) is 3. The highest BCUT2D eigenvalue weighted by Gasteiger charge is 2.39. The fourth-order valence-corrected chi connectivity index (χ4v) is 5.84. The minimum Gasteiger partial charge on any atom is -0.338 e. The minimum absolute atomic E-state index is 0.106. The molecule has 0 bridgehead atoms. The maximum Gasteiger partial charge on any atom is 0.254 e. The van der Waals surface area contributed by atoms with Crippen LogP contribution in [-0.2, 0) is 0 Å². The molecule has 2 N–H and O–H groups in total. The standard InChI is InChI=1S/C27H36BrN3O/c1-19-5-4-6-20(2)24(19)26(32)30-17-13-27(3,14-18-30)31-15-11-22(12-16-31)25(29)21-7-9-23(28)10-8-21/h4-10,22,25H,11-18,29H2,1-3H3. The molecule has 2 aliphatic rings. The van der Waals surface area contributed by atoms with Gasteiger partial charge in [-0.05, 0) is 94.3 Å². The van der Waals surface area contributed by atoms with Crippen molar-refractivity contribution in [2.75, 3.05) is 26.2 Å². The van der Waals surface area contributed by atoms with Crippen LogP contribution in [0.5, 0.6) is 0 Å². The van der Waals surface area contributed by atoms with E-state index in [1.807, 2.05) is 32.0 Å². The lowest BCUT2D eigenvalue weighted by atomic mass is 9.81. The van der Waals surface area contributed by atoms with Crippen LogP contribution in [0.4, 0.5) is 0 Å². The van der Waals surface area contributed by atoms with Crippen LogP contribution < -0.4 is 5.73 Å². The summed E-state index contributed by atoms with van der Waals surface area (Å²) in [7, 11) is 0. The third-order valence-electron chi connectivity index (χ3n) is 7.89. The Morgan fingerprint density at radius 3 is 2.12 bits per heavy atom. The van der Waals surface area contributed by atoms with Crippen LogP contribution in [0.15, 0.2) is 46.9 Å². The van der Waals surface area contributed by atoms with Crippen molar-refractivity contribution in [1.82, 2.24) is 9.80 Å². The summed E-state index contributed by atoms with van der Waals surface area (Å²) in [5.74, 6) is 0.726. The van der Waals surface area contributed by atoms with E-state index >= 15 is 0 Å². The van der Waals surface area contributed by atoms with Crippen LogP contribution in [0, 0.1) is 19.8 Å². The number of benzene rings is 2. The molecule has 4 nitrogen and oxygen atoms in total. The summed E-state index contributed by atoms with van der Waals surface area (Å²) in [4.78, 5) is 17.9. The molecule has 172 valence electrons. The number of rotatable bonds is 4. The first kappa shape index (κ1) is 23.5. The summed E-state index contributed by atoms with van der Waals surface area (Å²) in [6.07, 6.45) is 4.34. The molecule has 2 aromatic carbocycles. The van der Waals surface area contributed by atoms with Crippen molar-refractivity contribution in [2.24, 2.45) is 11.7 Å². The average Bonchev–Trinajstić information content (AvgIpc) is 2.79. The van der Waals surface area contributed by atoms with Gasteiger partial charge in [0.1, 0.15) is 0 Å². The predicted octanol–water partition coefficient (Wildman–Crippen LogP) is 5.47. The van der Waals surface area contributed by atoms with E-state index in [0.717, 1.165) is 73.0 Å². The molecule has 5 heteroatoms. The number of halogens is 1. The van der Waals surface area contributed by atoms with Crippen molar-refractivity contribution in [3.8, 4) is 0 Å². The Labute approximate surface area is 201 Å². The number of nitrogens with zero attached hydrogens (tertiary/aromatic N) is 2. The molecule has 4 rings (SSSR count). The molecule has 0 aliphatic carbocycles. The van der Waals surface area contributed by atoms with Crippen LogP contribution >= 0.6 is 15.9 Å². The van der Waals surface area contributed by atoms with Crippen LogP contribution in [0.25, 0.3) is 0 Å². The fraction of sp³-hybridized carbons (Fsp3) is 0.519. The zero-order valence-electron chi connectivity index (χ0n) is 19.6. The Morgan fingerprint density at radius 2 is 1.56 bits per heavy atom. The zero-order chi connectivity index (χ0) is 22.9. The van der Waals surface area contributed by atoms with Crippen molar-refractivity contribution in [1.29, 1.82) is 0 Å². The Hall–Kier alpha value is -1.69. The lowest BCUT2D eigenvalue weighted by Gasteiger charge is -2.49. The van der Waals surface area contributed by atoms with Gasteiger partial charge in [0.15, 0.2) is 0 Å². The molecule has 32 heavy (non-hydrogen) atoms. The van der Waals surface area contributed by atoms with E-state index in [2.05, 4.69) is 56.9 Å². The molecule has 2 fully saturated rings. The molecule has 0 radical (unpaired) electrons. The molecule has 1 atom stereocenters. The van der Waals surface area contributed by atoms with Gasteiger partial charge in [0.25, 0.3) is 5.91 Å². The highest BCUT2D eigenvalue weighted by atomic mass is 79.9. The van der Waals surface area contributed by atoms with Crippen molar-refractivity contribution in [3.63, 3.8) is 0 Å². The predicted molar refractivity (Wildman–Crippen MR) is 135 cm³/mol. The van der Waals surface area contributed by atoms with Gasteiger partial charge in [-0.25, -0.2) is 0 Å². The SMILES string of the molecule is Cc1cccc(C)c1C(=O)N1CCC(C)(N2CCC(C(N)c3ccc(Br)cc3)CC2)CC1. The summed E-state index contributed by atoms with van der Waals surface area (Å²) < 4.78 is 1.10. The van der Waals surface area contributed by atoms with Gasteiger partial charge < -0.3 is 10.6 Å². The minimum atomic E-state index is 0.106. The number of piperidine rings is 2. The third-order valence-corrected chi connectivity index (χ3v) is 8.42. The molecule has 0 spiro atoms. The summed E-state index contributed by atoms with van der Waals surface area (Å²) >= 11 is 3.51. The maximum absolute atomic E-state index is 13.2. The third kappa shape index (κ3) is 4.80. The van der Waals surface area contributed by atoms with Gasteiger partial charge in [0.2, 0.25) is 0 Å². The Kier molecular flexibility index (Phi) is 7.09. The lowest BCUT2D eigenvalue weighted by Crippen LogP contribution is -2.56. The van der Waals surface area contributed by atoms with Gasteiger partial charge in [-0.3, -0.25) is 9.69 Å². The van der Waals surface area contributed by atoms with Crippen molar-refractivity contribution in [2.45, 2.75) is 58.0 Å². The second kappa shape index (κ2) is 9.66. The first-order chi connectivity index (χ1) is 15.3. The molecule has 2 heterocycles. The molecule has 0 aromatic heterocycles. The van der Waals surface area contributed by atoms with E-state index in [-0.39, 0.29) is 17.5 Å². The molecular formula is C27H36BrN3O. The lowest BCUT2D eigenvalue weighted by molar-refractivity contribution is 0.00902. The molecule has 0 saturated carbocycles. The molecule has 1 unspecified atom stereocenters. The van der Waals surface area contributed by atoms with Gasteiger partial charge >= 0.3 is 0 Å². The van der Waals surface area contributed by atoms with Crippen LogP contribution in [0.1, 0.15) is 65.7 Å². The summed E-state index contributed by atoms with van der Waals surface area (Å²) in [5.41, 5.74) is 11.1. The monoisotopic (exact) mass is 497 g/mol. The highest BCUT2D eigenvalue weighted by molar-refractivity contribution is 9.10. The van der Waals surface area contributed by atoms with Crippen LogP contribution in [-0.4, -0.2) is 47.4 Å². The number of likely N-dealkylation sites (tertiary alicyclic amines) is 2. The average molecular weight is 499 g/mol. The Bertz CT molecular complexity index is 922. The number of amides is 1. The highest BCUT2D eigenvalue weighted by Crippen LogP contribution is 2.36. The van der Waals surface area contributed by atoms with E-state index in [0.29, 0.717) is 5.92 Å². The number of hydrogen-bond donors (Lipinski definition) is 1. The molecule has 2 saturated heterocycles. The first-order valence-electron chi connectivity index (χ1n) is 11.9. The van der Waals surface area contributed by atoms with E-state index in [9.17, 15) is 4.79 Å². The number of carbonyl (C=O) groups is 1. The normalized spacial score (nSPS) is 20.8. The topological polar surface area (TPSA) is 49.6 Å². The largest absolute Gasteiger partial charge is 0.338 e. The quantitative estimate of drug-likeness (QED) is 0.608. The van der Waals surface area contributed by atoms with E-state index in [1.165, 1.54) is 5.56 Å². The summed E-state index contributed by atoms with van der Waals surface area (Å²) in [5, 5.41) is 0. The zero-order valence-corrected chi connectivity index (χ0v) is 21.2. The van der Waals surface area contributed by atoms with Gasteiger partial charge in [-0.1, -0.05) is 46.3 Å². The second-order valence-corrected chi connectivity index (χ2v) is 10.9. The van der Waals surface area contributed by atoms with Crippen LogP contribution in [0.3, 0.4) is 0 Å². The molecule has 2 aliphatic heterocycles. The maximum atomic E-state index is 13.2. The van der Waals surface area contributed by atoms with Gasteiger partial charge in [0.05, 0.1) is 0 Å². The van der Waals surface area contributed by atoms with Gasteiger partial charge in [0, 0.05) is 34.7 Å². The Morgan fingerprint density at radius 1 is 1.00 bits per heavy atom. The smallest absolute Gasteiger partial charge is 0.254 e. The Balaban J connectivity index is 1.33. The number of aryl methyl sites for hydroxylation is 2. The van der Waals surface area contributed by atoms with Gasteiger partial charge in [-0.2, -0.15) is 0 Å². The first-order valence-corrected chi connectivity index (χ1v) is 12.7. The van der Waals surface area contributed by atoms with E-state index < -0.39 is 0 Å². The molecule has 2 aromatic rings. The summed E-state index contributed by atoms with van der Waals surface area (Å²) in [6.45, 7) is 10.3. The van der Waals surface area contributed by atoms with Crippen LogP contribution in [0.2, 0.25) is 0 Å². The molecular weight excluding hydrogens is 462 g/mol. The van der Waals surface area contributed by atoms with Crippen molar-refractivity contribution < 1.29 is 4.79 Å². The van der Waals surface area contributed by atoms with E-state index in [4.69, 9.17) is 5.73 Å². The van der Waals surface area contributed by atoms with E-state index in [1.54, 1.807) is 0 Å². The second-order valence-electron chi connectivity index (χ2n) is 9.96. The van der Waals surface area contributed by atoms with Gasteiger partial charge in [-0.15, -0.1) is 0 Å². The van der Waals surface area contributed by atoms with Crippen molar-refractivity contribution >= 4 is 21.8 Å². The molecule has 1 amide bonds. The summed E-state index contributed by atoms with van der Waals surface area (Å²) in [6, 6.07) is 14.7. The number of nitrogens with two attached hydrogens (primary N) is 1. The number of carbonyl (C=O) groups excluding carboxylic acids is 1. The van der Waals surface area contributed by atoms with Crippen molar-refractivity contribution in [3.05, 3.63) is 69.2 Å². The fourth-order valence-electron chi connectivity index (χ4n) is 5.57.